The number of amides is 1. The molecule has 1 aliphatic carbocycles. The Balaban J connectivity index is 1.96. The molecular weight excluding hydrogens is 238 g/mol. The molecule has 3 N–H and O–H groups in total. The predicted molar refractivity (Wildman–Crippen MR) is 77.8 cm³/mol. The zero-order valence-electron chi connectivity index (χ0n) is 12.5. The fraction of sp³-hybridized carbons (Fsp3) is 0.933. The minimum atomic E-state index is -0.468. The van der Waals surface area contributed by atoms with E-state index in [2.05, 4.69) is 17.1 Å². The molecule has 110 valence electrons. The molecule has 0 radical (unpaired) electrons. The van der Waals surface area contributed by atoms with Gasteiger partial charge in [-0.05, 0) is 64.6 Å². The third kappa shape index (κ3) is 3.11. The van der Waals surface area contributed by atoms with Crippen molar-refractivity contribution in [3.05, 3.63) is 0 Å². The third-order valence-corrected chi connectivity index (χ3v) is 5.42. The van der Waals surface area contributed by atoms with Gasteiger partial charge in [-0.15, -0.1) is 0 Å². The zero-order chi connectivity index (χ0) is 13.9. The van der Waals surface area contributed by atoms with Crippen molar-refractivity contribution in [3.63, 3.8) is 0 Å². The number of carbonyl (C=O) groups excluding carboxylic acids is 1. The standard InChI is InChI=1S/C15H29N3O/c1-3-12-6-9-18(10-7-12)13-5-4-8-15(11-13,17-2)14(16)19/h12-13,17H,3-11H2,1-2H3,(H2,16,19). The van der Waals surface area contributed by atoms with Gasteiger partial charge >= 0.3 is 0 Å². The van der Waals surface area contributed by atoms with Crippen LogP contribution in [-0.4, -0.2) is 42.5 Å². The summed E-state index contributed by atoms with van der Waals surface area (Å²) in [6.07, 6.45) is 8.03. The van der Waals surface area contributed by atoms with E-state index < -0.39 is 5.54 Å². The molecule has 2 unspecified atom stereocenters. The fourth-order valence-electron chi connectivity index (χ4n) is 3.86. The summed E-state index contributed by atoms with van der Waals surface area (Å²) in [5, 5.41) is 3.20. The quantitative estimate of drug-likeness (QED) is 0.811. The molecule has 0 bridgehead atoms. The average Bonchev–Trinajstić information content (AvgIpc) is 2.47. The summed E-state index contributed by atoms with van der Waals surface area (Å²) < 4.78 is 0. The second-order valence-corrected chi connectivity index (χ2v) is 6.33. The molecule has 0 spiro atoms. The number of nitrogens with one attached hydrogen (secondary N) is 1. The maximum atomic E-state index is 11.8. The van der Waals surface area contributed by atoms with Crippen molar-refractivity contribution >= 4 is 5.91 Å². The van der Waals surface area contributed by atoms with Crippen LogP contribution in [0.3, 0.4) is 0 Å². The minimum absolute atomic E-state index is 0.178. The van der Waals surface area contributed by atoms with E-state index in [0.717, 1.165) is 25.2 Å². The Morgan fingerprint density at radius 3 is 2.58 bits per heavy atom. The van der Waals surface area contributed by atoms with Gasteiger partial charge in [0.05, 0.1) is 5.54 Å². The van der Waals surface area contributed by atoms with Gasteiger partial charge in [-0.25, -0.2) is 0 Å². The molecule has 0 aromatic carbocycles. The topological polar surface area (TPSA) is 58.4 Å². The first kappa shape index (κ1) is 14.8. The highest BCUT2D eigenvalue weighted by atomic mass is 16.1. The lowest BCUT2D eigenvalue weighted by molar-refractivity contribution is -0.126. The number of carbonyl (C=O) groups is 1. The van der Waals surface area contributed by atoms with Crippen LogP contribution in [0.15, 0.2) is 0 Å². The van der Waals surface area contributed by atoms with Crippen molar-refractivity contribution in [2.24, 2.45) is 11.7 Å². The van der Waals surface area contributed by atoms with Crippen LogP contribution in [0.4, 0.5) is 0 Å². The van der Waals surface area contributed by atoms with E-state index in [1.165, 1.54) is 38.8 Å². The van der Waals surface area contributed by atoms with Crippen LogP contribution in [0.5, 0.6) is 0 Å². The normalized spacial score (nSPS) is 34.3. The van der Waals surface area contributed by atoms with Crippen molar-refractivity contribution < 1.29 is 4.79 Å². The van der Waals surface area contributed by atoms with Gasteiger partial charge in [-0.3, -0.25) is 4.79 Å². The lowest BCUT2D eigenvalue weighted by Crippen LogP contribution is -2.60. The largest absolute Gasteiger partial charge is 0.368 e. The predicted octanol–water partition coefficient (Wildman–Crippen LogP) is 1.49. The molecule has 4 heteroatoms. The molecule has 4 nitrogen and oxygen atoms in total. The molecule has 2 aliphatic rings. The zero-order valence-corrected chi connectivity index (χ0v) is 12.5. The maximum Gasteiger partial charge on any atom is 0.237 e. The Morgan fingerprint density at radius 1 is 1.37 bits per heavy atom. The lowest BCUT2D eigenvalue weighted by Gasteiger charge is -2.45. The molecule has 0 aromatic heterocycles. The number of nitrogens with zero attached hydrogens (tertiary/aromatic N) is 1. The van der Waals surface area contributed by atoms with Crippen molar-refractivity contribution in [2.45, 2.75) is 63.5 Å². The summed E-state index contributed by atoms with van der Waals surface area (Å²) in [6.45, 7) is 4.68. The van der Waals surface area contributed by atoms with E-state index in [9.17, 15) is 4.79 Å². The molecule has 1 amide bonds. The summed E-state index contributed by atoms with van der Waals surface area (Å²) in [5.41, 5.74) is 5.16. The number of hydrogen-bond donors (Lipinski definition) is 2. The molecule has 19 heavy (non-hydrogen) atoms. The Morgan fingerprint density at radius 2 is 2.05 bits per heavy atom. The lowest BCUT2D eigenvalue weighted by atomic mass is 9.77. The molecule has 2 rings (SSSR count). The highest BCUT2D eigenvalue weighted by Gasteiger charge is 2.42. The second-order valence-electron chi connectivity index (χ2n) is 6.33. The molecule has 2 fully saturated rings. The van der Waals surface area contributed by atoms with Crippen LogP contribution >= 0.6 is 0 Å². The molecule has 0 aromatic rings. The molecule has 2 atom stereocenters. The van der Waals surface area contributed by atoms with Gasteiger partial charge < -0.3 is 16.0 Å². The van der Waals surface area contributed by atoms with E-state index in [1.807, 2.05) is 7.05 Å². The van der Waals surface area contributed by atoms with E-state index in [0.29, 0.717) is 6.04 Å². The summed E-state index contributed by atoms with van der Waals surface area (Å²) >= 11 is 0. The molecule has 1 aliphatic heterocycles. The summed E-state index contributed by atoms with van der Waals surface area (Å²) in [4.78, 5) is 14.4. The van der Waals surface area contributed by atoms with Crippen molar-refractivity contribution in [2.75, 3.05) is 20.1 Å². The van der Waals surface area contributed by atoms with E-state index in [-0.39, 0.29) is 5.91 Å². The number of rotatable bonds is 4. The first-order valence-corrected chi connectivity index (χ1v) is 7.84. The summed E-state index contributed by atoms with van der Waals surface area (Å²) in [6, 6.07) is 0.534. The Hall–Kier alpha value is -0.610. The molecule has 1 saturated heterocycles. The first-order chi connectivity index (χ1) is 9.11. The van der Waals surface area contributed by atoms with Crippen LogP contribution < -0.4 is 11.1 Å². The number of primary amides is 1. The average molecular weight is 267 g/mol. The number of piperidine rings is 1. The second kappa shape index (κ2) is 6.23. The third-order valence-electron chi connectivity index (χ3n) is 5.42. The van der Waals surface area contributed by atoms with Crippen molar-refractivity contribution in [1.29, 1.82) is 0 Å². The van der Waals surface area contributed by atoms with Gasteiger partial charge in [0.2, 0.25) is 5.91 Å². The van der Waals surface area contributed by atoms with E-state index >= 15 is 0 Å². The highest BCUT2D eigenvalue weighted by Crippen LogP contribution is 2.33. The Kier molecular flexibility index (Phi) is 4.85. The van der Waals surface area contributed by atoms with Crippen LogP contribution in [0.2, 0.25) is 0 Å². The van der Waals surface area contributed by atoms with Gasteiger partial charge in [0.25, 0.3) is 0 Å². The summed E-state index contributed by atoms with van der Waals surface area (Å²) in [5.74, 6) is 0.730. The number of likely N-dealkylation sites (tertiary alicyclic amines) is 1. The smallest absolute Gasteiger partial charge is 0.237 e. The van der Waals surface area contributed by atoms with E-state index in [4.69, 9.17) is 5.73 Å². The monoisotopic (exact) mass is 267 g/mol. The van der Waals surface area contributed by atoms with E-state index in [1.54, 1.807) is 0 Å². The summed E-state index contributed by atoms with van der Waals surface area (Å²) in [7, 11) is 1.87. The van der Waals surface area contributed by atoms with Crippen LogP contribution in [0, 0.1) is 5.92 Å². The minimum Gasteiger partial charge on any atom is -0.368 e. The van der Waals surface area contributed by atoms with Gasteiger partial charge in [0.15, 0.2) is 0 Å². The van der Waals surface area contributed by atoms with Crippen LogP contribution in [-0.2, 0) is 4.79 Å². The SMILES string of the molecule is CCC1CCN(C2CCCC(NC)(C(N)=O)C2)CC1. The Bertz CT molecular complexity index is 313. The first-order valence-electron chi connectivity index (χ1n) is 7.84. The maximum absolute atomic E-state index is 11.8. The van der Waals surface area contributed by atoms with Crippen LogP contribution in [0.25, 0.3) is 0 Å². The number of nitrogens with two attached hydrogens (primary N) is 1. The van der Waals surface area contributed by atoms with Crippen molar-refractivity contribution in [3.8, 4) is 0 Å². The van der Waals surface area contributed by atoms with Gasteiger partial charge in [-0.2, -0.15) is 0 Å². The van der Waals surface area contributed by atoms with Gasteiger partial charge in [0.1, 0.15) is 0 Å². The van der Waals surface area contributed by atoms with Crippen molar-refractivity contribution in [1.82, 2.24) is 10.2 Å². The highest BCUT2D eigenvalue weighted by molar-refractivity contribution is 5.84. The number of likely N-dealkylation sites (N-methyl/N-ethyl adjacent to an activating group) is 1. The van der Waals surface area contributed by atoms with Crippen LogP contribution in [0.1, 0.15) is 51.9 Å². The fourth-order valence-corrected chi connectivity index (χ4v) is 3.86. The Labute approximate surface area is 117 Å². The van der Waals surface area contributed by atoms with Gasteiger partial charge in [-0.1, -0.05) is 13.3 Å². The molecule has 1 saturated carbocycles. The number of hydrogen-bond acceptors (Lipinski definition) is 3. The molecule has 1 heterocycles. The molecular formula is C15H29N3O. The van der Waals surface area contributed by atoms with Gasteiger partial charge in [0, 0.05) is 6.04 Å².